The van der Waals surface area contributed by atoms with Gasteiger partial charge in [0.15, 0.2) is 0 Å². The number of rotatable bonds is 1. The molecule has 2 fully saturated rings. The Labute approximate surface area is 136 Å². The fraction of sp³-hybridized carbons (Fsp3) is 0.533. The van der Waals surface area contributed by atoms with E-state index in [1.165, 1.54) is 25.8 Å². The molecule has 1 aromatic rings. The van der Waals surface area contributed by atoms with E-state index < -0.39 is 0 Å². The lowest BCUT2D eigenvalue weighted by molar-refractivity contribution is 0.0372. The van der Waals surface area contributed by atoms with Crippen LogP contribution < -0.4 is 0 Å². The topological polar surface area (TPSA) is 23.6 Å². The highest BCUT2D eigenvalue weighted by Gasteiger charge is 2.31. The van der Waals surface area contributed by atoms with Crippen LogP contribution in [0.5, 0.6) is 0 Å². The third-order valence-corrected chi connectivity index (χ3v) is 5.15. The maximum Gasteiger partial charge on any atom is 0.254 e. The molecule has 3 rings (SSSR count). The molecule has 0 bridgehead atoms. The van der Waals surface area contributed by atoms with Crippen LogP contribution in [0, 0.1) is 0 Å². The molecule has 2 aliphatic rings. The number of carbonyl (C=O) groups excluding carboxylic acids is 1. The summed E-state index contributed by atoms with van der Waals surface area (Å²) in [6.07, 6.45) is 3.83. The van der Waals surface area contributed by atoms with Crippen LogP contribution in [-0.2, 0) is 0 Å². The second-order valence-corrected chi connectivity index (χ2v) is 7.43. The minimum Gasteiger partial charge on any atom is -0.336 e. The molecule has 0 saturated carbocycles. The molecule has 2 aliphatic heterocycles. The Morgan fingerprint density at radius 3 is 2.55 bits per heavy atom. The molecular formula is C15H18Br2N2O. The van der Waals surface area contributed by atoms with Crippen LogP contribution in [0.1, 0.15) is 29.6 Å². The lowest BCUT2D eigenvalue weighted by Crippen LogP contribution is -2.56. The minimum atomic E-state index is 0.150. The summed E-state index contributed by atoms with van der Waals surface area (Å²) in [6, 6.07) is 6.33. The molecule has 1 unspecified atom stereocenters. The minimum absolute atomic E-state index is 0.150. The first-order chi connectivity index (χ1) is 9.63. The highest BCUT2D eigenvalue weighted by molar-refractivity contribution is 9.11. The molecule has 108 valence electrons. The van der Waals surface area contributed by atoms with Gasteiger partial charge in [-0.15, -0.1) is 0 Å². The number of hydrogen-bond acceptors (Lipinski definition) is 2. The van der Waals surface area contributed by atoms with Gasteiger partial charge in [0.05, 0.1) is 0 Å². The van der Waals surface area contributed by atoms with Gasteiger partial charge in [0.1, 0.15) is 0 Å². The van der Waals surface area contributed by atoms with Crippen molar-refractivity contribution >= 4 is 37.8 Å². The summed E-state index contributed by atoms with van der Waals surface area (Å²) >= 11 is 6.90. The van der Waals surface area contributed by atoms with Crippen LogP contribution in [0.4, 0.5) is 0 Å². The first-order valence-corrected chi connectivity index (χ1v) is 8.71. The maximum atomic E-state index is 12.6. The van der Waals surface area contributed by atoms with E-state index in [1.807, 2.05) is 23.1 Å². The van der Waals surface area contributed by atoms with Gasteiger partial charge < -0.3 is 4.90 Å². The summed E-state index contributed by atoms with van der Waals surface area (Å²) in [5.41, 5.74) is 0.760. The summed E-state index contributed by atoms with van der Waals surface area (Å²) in [5.74, 6) is 0.150. The highest BCUT2D eigenvalue weighted by Crippen LogP contribution is 2.24. The third-order valence-electron chi connectivity index (χ3n) is 4.23. The number of benzene rings is 1. The zero-order valence-corrected chi connectivity index (χ0v) is 14.5. The normalized spacial score (nSPS) is 23.5. The smallest absolute Gasteiger partial charge is 0.254 e. The lowest BCUT2D eigenvalue weighted by Gasteiger charge is -2.44. The number of fused-ring (bicyclic) bond motifs is 1. The molecule has 20 heavy (non-hydrogen) atoms. The fourth-order valence-electron chi connectivity index (χ4n) is 3.20. The van der Waals surface area contributed by atoms with Crippen LogP contribution in [0.25, 0.3) is 0 Å². The third kappa shape index (κ3) is 3.10. The Balaban J connectivity index is 1.74. The van der Waals surface area contributed by atoms with Crippen molar-refractivity contribution in [2.24, 2.45) is 0 Å². The molecule has 3 nitrogen and oxygen atoms in total. The van der Waals surface area contributed by atoms with Gasteiger partial charge in [0.2, 0.25) is 0 Å². The van der Waals surface area contributed by atoms with Crippen molar-refractivity contribution in [3.05, 3.63) is 32.7 Å². The number of halogens is 2. The van der Waals surface area contributed by atoms with Crippen LogP contribution >= 0.6 is 31.9 Å². The summed E-state index contributed by atoms with van der Waals surface area (Å²) in [7, 11) is 0. The van der Waals surface area contributed by atoms with Gasteiger partial charge in [-0.3, -0.25) is 9.69 Å². The first kappa shape index (κ1) is 14.5. The van der Waals surface area contributed by atoms with E-state index in [0.717, 1.165) is 34.1 Å². The number of carbonyl (C=O) groups is 1. The monoisotopic (exact) mass is 400 g/mol. The van der Waals surface area contributed by atoms with E-state index in [1.54, 1.807) is 0 Å². The Morgan fingerprint density at radius 2 is 1.80 bits per heavy atom. The standard InChI is InChI=1S/C15H18Br2N2O/c16-12-7-11(8-13(17)9-12)15(20)19-6-5-18-4-2-1-3-14(18)10-19/h7-9,14H,1-6,10H2. The molecular weight excluding hydrogens is 384 g/mol. The molecule has 2 heterocycles. The van der Waals surface area contributed by atoms with Crippen LogP contribution in [-0.4, -0.2) is 47.9 Å². The van der Waals surface area contributed by atoms with Crippen LogP contribution in [0.3, 0.4) is 0 Å². The Morgan fingerprint density at radius 1 is 1.05 bits per heavy atom. The van der Waals surface area contributed by atoms with Gasteiger partial charge in [-0.1, -0.05) is 38.3 Å². The predicted octanol–water partition coefficient (Wildman–Crippen LogP) is 3.52. The summed E-state index contributed by atoms with van der Waals surface area (Å²) < 4.78 is 1.87. The molecule has 0 aromatic heterocycles. The molecule has 1 atom stereocenters. The molecule has 0 spiro atoms. The molecule has 1 amide bonds. The van der Waals surface area contributed by atoms with Crippen molar-refractivity contribution in [3.63, 3.8) is 0 Å². The molecule has 0 aliphatic carbocycles. The number of amides is 1. The van der Waals surface area contributed by atoms with E-state index in [-0.39, 0.29) is 5.91 Å². The summed E-state index contributed by atoms with van der Waals surface area (Å²) in [6.45, 7) is 3.95. The van der Waals surface area contributed by atoms with Crippen molar-refractivity contribution in [2.45, 2.75) is 25.3 Å². The van der Waals surface area contributed by atoms with Gasteiger partial charge >= 0.3 is 0 Å². The summed E-state index contributed by atoms with van der Waals surface area (Å²) in [4.78, 5) is 17.2. The number of piperidine rings is 1. The van der Waals surface area contributed by atoms with Crippen molar-refractivity contribution in [1.29, 1.82) is 0 Å². The van der Waals surface area contributed by atoms with Gasteiger partial charge in [-0.2, -0.15) is 0 Å². The number of piperazine rings is 1. The van der Waals surface area contributed by atoms with Crippen molar-refractivity contribution in [2.75, 3.05) is 26.2 Å². The van der Waals surface area contributed by atoms with Crippen molar-refractivity contribution in [1.82, 2.24) is 9.80 Å². The Bertz CT molecular complexity index is 500. The highest BCUT2D eigenvalue weighted by atomic mass is 79.9. The SMILES string of the molecule is O=C(c1cc(Br)cc(Br)c1)N1CCN2CCCCC2C1. The number of nitrogens with zero attached hydrogens (tertiary/aromatic N) is 2. The molecule has 0 N–H and O–H groups in total. The van der Waals surface area contributed by atoms with E-state index in [9.17, 15) is 4.79 Å². The van der Waals surface area contributed by atoms with Crippen LogP contribution in [0.2, 0.25) is 0 Å². The Kier molecular flexibility index (Phi) is 4.48. The average molecular weight is 402 g/mol. The largest absolute Gasteiger partial charge is 0.336 e. The van der Waals surface area contributed by atoms with Crippen molar-refractivity contribution in [3.8, 4) is 0 Å². The Hall–Kier alpha value is -0.390. The van der Waals surface area contributed by atoms with E-state index in [4.69, 9.17) is 0 Å². The lowest BCUT2D eigenvalue weighted by atomic mass is 9.99. The van der Waals surface area contributed by atoms with Gasteiger partial charge in [-0.25, -0.2) is 0 Å². The molecule has 1 aromatic carbocycles. The molecule has 5 heteroatoms. The van der Waals surface area contributed by atoms with Crippen molar-refractivity contribution < 1.29 is 4.79 Å². The zero-order chi connectivity index (χ0) is 14.1. The van der Waals surface area contributed by atoms with E-state index in [0.29, 0.717) is 6.04 Å². The quantitative estimate of drug-likeness (QED) is 0.718. The average Bonchev–Trinajstić information content (AvgIpc) is 2.45. The maximum absolute atomic E-state index is 12.6. The second kappa shape index (κ2) is 6.16. The fourth-order valence-corrected chi connectivity index (χ4v) is 4.49. The van der Waals surface area contributed by atoms with Gasteiger partial charge in [-0.05, 0) is 37.6 Å². The van der Waals surface area contributed by atoms with Gasteiger partial charge in [0, 0.05) is 40.2 Å². The van der Waals surface area contributed by atoms with Gasteiger partial charge in [0.25, 0.3) is 5.91 Å². The van der Waals surface area contributed by atoms with Crippen LogP contribution in [0.15, 0.2) is 27.1 Å². The summed E-state index contributed by atoms with van der Waals surface area (Å²) in [5, 5.41) is 0. The molecule has 0 radical (unpaired) electrons. The predicted molar refractivity (Wildman–Crippen MR) is 87.0 cm³/mol. The first-order valence-electron chi connectivity index (χ1n) is 7.13. The second-order valence-electron chi connectivity index (χ2n) is 5.59. The molecule has 2 saturated heterocycles. The van der Waals surface area contributed by atoms with E-state index in [2.05, 4.69) is 36.8 Å². The van der Waals surface area contributed by atoms with E-state index >= 15 is 0 Å². The zero-order valence-electron chi connectivity index (χ0n) is 11.3. The number of hydrogen-bond donors (Lipinski definition) is 0.